The zero-order valence-corrected chi connectivity index (χ0v) is 25.8. The van der Waals surface area contributed by atoms with Gasteiger partial charge < -0.3 is 10.2 Å². The van der Waals surface area contributed by atoms with Crippen molar-refractivity contribution in [1.82, 2.24) is 10.2 Å². The van der Waals surface area contributed by atoms with Crippen molar-refractivity contribution in [2.45, 2.75) is 45.3 Å². The summed E-state index contributed by atoms with van der Waals surface area (Å²) in [5.41, 5.74) is 1.47. The van der Waals surface area contributed by atoms with Crippen molar-refractivity contribution in [3.05, 3.63) is 113 Å². The highest BCUT2D eigenvalue weighted by Gasteiger charge is 2.34. The van der Waals surface area contributed by atoms with Gasteiger partial charge in [0, 0.05) is 28.9 Å². The Morgan fingerprint density at radius 1 is 0.833 bits per heavy atom. The molecule has 220 valence electrons. The third-order valence-corrected chi connectivity index (χ3v) is 8.13. The summed E-state index contributed by atoms with van der Waals surface area (Å²) in [6, 6.07) is 28.3. The van der Waals surface area contributed by atoms with E-state index in [0.29, 0.717) is 16.1 Å². The Labute approximate surface area is 253 Å². The molecule has 1 N–H and O–H groups in total. The summed E-state index contributed by atoms with van der Waals surface area (Å²) < 4.78 is 27.5. The van der Waals surface area contributed by atoms with Crippen LogP contribution in [0.3, 0.4) is 0 Å². The van der Waals surface area contributed by atoms with Crippen LogP contribution in [0.2, 0.25) is 5.02 Å². The van der Waals surface area contributed by atoms with Gasteiger partial charge in [-0.2, -0.15) is 0 Å². The number of rotatable bonds is 10. The highest BCUT2D eigenvalue weighted by Crippen LogP contribution is 2.29. The normalized spacial score (nSPS) is 12.5. The van der Waals surface area contributed by atoms with Crippen LogP contribution in [0, 0.1) is 0 Å². The van der Waals surface area contributed by atoms with Gasteiger partial charge in [-0.05, 0) is 55.5 Å². The first-order chi connectivity index (χ1) is 19.8. The molecule has 4 rings (SSSR count). The third kappa shape index (κ3) is 8.11. The molecule has 4 aromatic carbocycles. The summed E-state index contributed by atoms with van der Waals surface area (Å²) in [5, 5.41) is 5.12. The molecule has 0 bridgehead atoms. The van der Waals surface area contributed by atoms with Crippen LogP contribution in [0.25, 0.3) is 10.8 Å². The Morgan fingerprint density at radius 2 is 1.45 bits per heavy atom. The van der Waals surface area contributed by atoms with Gasteiger partial charge in [-0.25, -0.2) is 8.42 Å². The molecule has 9 heteroatoms. The van der Waals surface area contributed by atoms with Crippen molar-refractivity contribution in [2.75, 3.05) is 17.1 Å². The number of hydrogen-bond donors (Lipinski definition) is 1. The quantitative estimate of drug-likeness (QED) is 0.247. The first kappa shape index (κ1) is 31.1. The molecule has 42 heavy (non-hydrogen) atoms. The molecule has 0 fully saturated rings. The van der Waals surface area contributed by atoms with Crippen LogP contribution in [0.4, 0.5) is 5.69 Å². The number of fused-ring (bicyclic) bond motifs is 1. The van der Waals surface area contributed by atoms with E-state index >= 15 is 0 Å². The van der Waals surface area contributed by atoms with E-state index in [4.69, 9.17) is 11.6 Å². The molecule has 0 radical (unpaired) electrons. The first-order valence-corrected chi connectivity index (χ1v) is 15.9. The Morgan fingerprint density at radius 3 is 2.10 bits per heavy atom. The summed E-state index contributed by atoms with van der Waals surface area (Å²) in [6.07, 6.45) is 1.33. The molecular weight excluding hydrogens is 570 g/mol. The van der Waals surface area contributed by atoms with Crippen LogP contribution in [0.1, 0.15) is 31.9 Å². The van der Waals surface area contributed by atoms with Gasteiger partial charge in [0.2, 0.25) is 21.8 Å². The van der Waals surface area contributed by atoms with E-state index in [0.717, 1.165) is 27.1 Å². The fourth-order valence-electron chi connectivity index (χ4n) is 4.81. The fourth-order valence-corrected chi connectivity index (χ4v) is 5.80. The lowest BCUT2D eigenvalue weighted by molar-refractivity contribution is -0.140. The predicted octanol–water partition coefficient (Wildman–Crippen LogP) is 5.81. The minimum atomic E-state index is -3.88. The van der Waals surface area contributed by atoms with Crippen LogP contribution in [0.5, 0.6) is 0 Å². The average molecular weight is 606 g/mol. The van der Waals surface area contributed by atoms with Gasteiger partial charge in [-0.1, -0.05) is 90.5 Å². The second kappa shape index (κ2) is 13.0. The highest BCUT2D eigenvalue weighted by molar-refractivity contribution is 7.92. The molecule has 7 nitrogen and oxygen atoms in total. The largest absolute Gasteiger partial charge is 0.350 e. The topological polar surface area (TPSA) is 86.8 Å². The van der Waals surface area contributed by atoms with Gasteiger partial charge in [0.1, 0.15) is 12.6 Å². The molecule has 2 amide bonds. The Hall–Kier alpha value is -3.88. The van der Waals surface area contributed by atoms with Crippen molar-refractivity contribution in [1.29, 1.82) is 0 Å². The molecule has 0 saturated carbocycles. The minimum Gasteiger partial charge on any atom is -0.350 e. The van der Waals surface area contributed by atoms with Crippen molar-refractivity contribution >= 4 is 49.9 Å². The number of anilines is 1. The lowest BCUT2D eigenvalue weighted by atomic mass is 10.0. The maximum absolute atomic E-state index is 14.3. The first-order valence-electron chi connectivity index (χ1n) is 13.7. The molecule has 0 aliphatic heterocycles. The standard InChI is InChI=1S/C33H36ClN3O4S/c1-33(2,3)35-32(39)30(21-24-11-6-5-7-12-24)36(22-25-17-19-27(34)20-18-25)31(38)23-37(42(4,40)41)29-16-10-14-26-13-8-9-15-28(26)29/h5-20,30H,21-23H2,1-4H3,(H,35,39)/t30-/m0/s1. The van der Waals surface area contributed by atoms with Crippen LogP contribution >= 0.6 is 11.6 Å². The summed E-state index contributed by atoms with van der Waals surface area (Å²) in [5.74, 6) is -0.835. The predicted molar refractivity (Wildman–Crippen MR) is 170 cm³/mol. The molecule has 0 aromatic heterocycles. The molecule has 0 saturated heterocycles. The van der Waals surface area contributed by atoms with Crippen LogP contribution in [0.15, 0.2) is 97.1 Å². The maximum atomic E-state index is 14.3. The number of carbonyl (C=O) groups excluding carboxylic acids is 2. The average Bonchev–Trinajstić information content (AvgIpc) is 2.93. The highest BCUT2D eigenvalue weighted by atomic mass is 35.5. The Balaban J connectivity index is 1.79. The van der Waals surface area contributed by atoms with Crippen LogP contribution < -0.4 is 9.62 Å². The van der Waals surface area contributed by atoms with Crippen molar-refractivity contribution in [3.8, 4) is 0 Å². The number of nitrogens with zero attached hydrogens (tertiary/aromatic N) is 2. The number of halogens is 1. The monoisotopic (exact) mass is 605 g/mol. The maximum Gasteiger partial charge on any atom is 0.244 e. The van der Waals surface area contributed by atoms with Crippen LogP contribution in [-0.4, -0.2) is 49.5 Å². The van der Waals surface area contributed by atoms with Crippen molar-refractivity contribution in [2.24, 2.45) is 0 Å². The van der Waals surface area contributed by atoms with E-state index in [-0.39, 0.29) is 18.9 Å². The van der Waals surface area contributed by atoms with Crippen LogP contribution in [-0.2, 0) is 32.6 Å². The zero-order valence-electron chi connectivity index (χ0n) is 24.2. The number of nitrogens with one attached hydrogen (secondary N) is 1. The SMILES string of the molecule is CC(C)(C)NC(=O)[C@H](Cc1ccccc1)N(Cc1ccc(Cl)cc1)C(=O)CN(c1cccc2ccccc12)S(C)(=O)=O. The van der Waals surface area contributed by atoms with E-state index in [2.05, 4.69) is 5.32 Å². The number of amides is 2. The molecule has 1 atom stereocenters. The van der Waals surface area contributed by atoms with E-state index in [1.165, 1.54) is 4.90 Å². The second-order valence-corrected chi connectivity index (χ2v) is 13.7. The summed E-state index contributed by atoms with van der Waals surface area (Å²) >= 11 is 6.12. The van der Waals surface area contributed by atoms with Gasteiger partial charge in [0.05, 0.1) is 11.9 Å². The fraction of sp³-hybridized carbons (Fsp3) is 0.273. The Kier molecular flexibility index (Phi) is 9.59. The van der Waals surface area contributed by atoms with E-state index in [9.17, 15) is 18.0 Å². The Bertz CT molecular complexity index is 1650. The lowest BCUT2D eigenvalue weighted by Crippen LogP contribution is -2.56. The third-order valence-electron chi connectivity index (χ3n) is 6.75. The number of benzene rings is 4. The molecule has 0 aliphatic rings. The number of carbonyl (C=O) groups is 2. The van der Waals surface area contributed by atoms with Crippen molar-refractivity contribution < 1.29 is 18.0 Å². The molecule has 4 aromatic rings. The van der Waals surface area contributed by atoms with Gasteiger partial charge in [0.15, 0.2) is 0 Å². The number of hydrogen-bond acceptors (Lipinski definition) is 4. The molecular formula is C33H36ClN3O4S. The van der Waals surface area contributed by atoms with Crippen molar-refractivity contribution in [3.63, 3.8) is 0 Å². The lowest BCUT2D eigenvalue weighted by Gasteiger charge is -2.35. The van der Waals surface area contributed by atoms with Gasteiger partial charge in [0.25, 0.3) is 0 Å². The zero-order chi connectivity index (χ0) is 30.5. The van der Waals surface area contributed by atoms with E-state index < -0.39 is 34.1 Å². The molecule has 0 unspecified atom stereocenters. The summed E-state index contributed by atoms with van der Waals surface area (Å²) in [7, 11) is -3.88. The van der Waals surface area contributed by atoms with E-state index in [1.807, 2.05) is 81.4 Å². The summed E-state index contributed by atoms with van der Waals surface area (Å²) in [6.45, 7) is 5.23. The number of sulfonamides is 1. The molecule has 0 spiro atoms. The second-order valence-electron chi connectivity index (χ2n) is 11.4. The van der Waals surface area contributed by atoms with Gasteiger partial charge >= 0.3 is 0 Å². The van der Waals surface area contributed by atoms with Gasteiger partial charge in [-0.3, -0.25) is 13.9 Å². The summed E-state index contributed by atoms with van der Waals surface area (Å²) in [4.78, 5) is 29.6. The minimum absolute atomic E-state index is 0.0816. The van der Waals surface area contributed by atoms with Gasteiger partial charge in [-0.15, -0.1) is 0 Å². The molecule has 0 aliphatic carbocycles. The molecule has 0 heterocycles. The smallest absolute Gasteiger partial charge is 0.244 e. The van der Waals surface area contributed by atoms with E-state index in [1.54, 1.807) is 36.4 Å².